The number of carbonyl (C=O) groups is 1. The molecule has 1 aliphatic carbocycles. The molecule has 0 saturated carbocycles. The standard InChI is InChI=1S/C15H19ClN4OS/c1-2-20-7-6-10(19-20)9-17-15(21)18-12-4-3-5-13-11(12)8-14(16)22-13/h6-8,12H,2-5,9H2,1H3,(H2,17,18,21). The molecule has 1 aliphatic rings. The Morgan fingerprint density at radius 2 is 2.45 bits per heavy atom. The van der Waals surface area contributed by atoms with Crippen molar-refractivity contribution in [1.82, 2.24) is 20.4 Å². The van der Waals surface area contributed by atoms with Crippen molar-refractivity contribution in [3.63, 3.8) is 0 Å². The number of thiophene rings is 1. The summed E-state index contributed by atoms with van der Waals surface area (Å²) in [6.45, 7) is 3.29. The van der Waals surface area contributed by atoms with Crippen LogP contribution >= 0.6 is 22.9 Å². The second kappa shape index (κ2) is 6.71. The van der Waals surface area contributed by atoms with Crippen molar-refractivity contribution in [3.05, 3.63) is 38.8 Å². The van der Waals surface area contributed by atoms with Crippen molar-refractivity contribution < 1.29 is 4.79 Å². The number of carbonyl (C=O) groups excluding carboxylic acids is 1. The lowest BCUT2D eigenvalue weighted by molar-refractivity contribution is 0.235. The average Bonchev–Trinajstić information content (AvgIpc) is 3.11. The molecule has 2 aromatic heterocycles. The van der Waals surface area contributed by atoms with E-state index in [1.807, 2.05) is 29.9 Å². The fourth-order valence-corrected chi connectivity index (χ4v) is 4.11. The highest BCUT2D eigenvalue weighted by Gasteiger charge is 2.24. The van der Waals surface area contributed by atoms with Crippen molar-refractivity contribution >= 4 is 29.0 Å². The van der Waals surface area contributed by atoms with Gasteiger partial charge < -0.3 is 10.6 Å². The Morgan fingerprint density at radius 1 is 1.59 bits per heavy atom. The van der Waals surface area contributed by atoms with Gasteiger partial charge in [-0.25, -0.2) is 4.79 Å². The maximum absolute atomic E-state index is 12.1. The van der Waals surface area contributed by atoms with E-state index in [1.54, 1.807) is 11.3 Å². The third-order valence-electron chi connectivity index (χ3n) is 3.84. The topological polar surface area (TPSA) is 59.0 Å². The average molecular weight is 339 g/mol. The van der Waals surface area contributed by atoms with Gasteiger partial charge in [-0.15, -0.1) is 11.3 Å². The number of fused-ring (bicyclic) bond motifs is 1. The van der Waals surface area contributed by atoms with Crippen molar-refractivity contribution in [3.8, 4) is 0 Å². The summed E-state index contributed by atoms with van der Waals surface area (Å²) in [5.41, 5.74) is 2.03. The van der Waals surface area contributed by atoms with Gasteiger partial charge in [0.15, 0.2) is 0 Å². The lowest BCUT2D eigenvalue weighted by atomic mass is 9.94. The molecule has 2 heterocycles. The Bertz CT molecular complexity index is 666. The molecule has 0 saturated heterocycles. The summed E-state index contributed by atoms with van der Waals surface area (Å²) >= 11 is 7.71. The molecule has 2 amide bonds. The van der Waals surface area contributed by atoms with Crippen molar-refractivity contribution in [2.45, 2.75) is 45.3 Å². The van der Waals surface area contributed by atoms with Gasteiger partial charge in [0.1, 0.15) is 0 Å². The first-order valence-electron chi connectivity index (χ1n) is 7.50. The lowest BCUT2D eigenvalue weighted by Crippen LogP contribution is -2.38. The van der Waals surface area contributed by atoms with Crippen LogP contribution in [0, 0.1) is 0 Å². The Labute approximate surface area is 138 Å². The summed E-state index contributed by atoms with van der Waals surface area (Å²) in [5, 5.41) is 10.3. The summed E-state index contributed by atoms with van der Waals surface area (Å²) in [5.74, 6) is 0. The maximum atomic E-state index is 12.1. The van der Waals surface area contributed by atoms with Gasteiger partial charge in [-0.2, -0.15) is 5.10 Å². The monoisotopic (exact) mass is 338 g/mol. The molecule has 0 radical (unpaired) electrons. The molecule has 2 N–H and O–H groups in total. The van der Waals surface area contributed by atoms with Gasteiger partial charge in [0.05, 0.1) is 22.6 Å². The van der Waals surface area contributed by atoms with Crippen LogP contribution in [0.1, 0.15) is 41.9 Å². The molecule has 1 unspecified atom stereocenters. The zero-order valence-electron chi connectivity index (χ0n) is 12.4. The lowest BCUT2D eigenvalue weighted by Gasteiger charge is -2.23. The molecule has 2 aromatic rings. The van der Waals surface area contributed by atoms with Gasteiger partial charge >= 0.3 is 6.03 Å². The first-order valence-corrected chi connectivity index (χ1v) is 8.70. The molecule has 1 atom stereocenters. The highest BCUT2D eigenvalue weighted by molar-refractivity contribution is 7.16. The van der Waals surface area contributed by atoms with Gasteiger partial charge in [0.2, 0.25) is 0 Å². The zero-order chi connectivity index (χ0) is 15.5. The van der Waals surface area contributed by atoms with Crippen LogP contribution in [-0.2, 0) is 19.5 Å². The predicted octanol–water partition coefficient (Wildman–Crippen LogP) is 3.49. The van der Waals surface area contributed by atoms with Crippen molar-refractivity contribution in [1.29, 1.82) is 0 Å². The van der Waals surface area contributed by atoms with E-state index in [4.69, 9.17) is 11.6 Å². The van der Waals surface area contributed by atoms with Crippen molar-refractivity contribution in [2.24, 2.45) is 0 Å². The molecular formula is C15H19ClN4OS. The first kappa shape index (κ1) is 15.4. The van der Waals surface area contributed by atoms with E-state index in [-0.39, 0.29) is 12.1 Å². The Hall–Kier alpha value is -1.53. The summed E-state index contributed by atoms with van der Waals surface area (Å²) in [6.07, 6.45) is 5.00. The fourth-order valence-electron chi connectivity index (χ4n) is 2.73. The van der Waals surface area contributed by atoms with Crippen LogP contribution in [0.3, 0.4) is 0 Å². The number of hydrogen-bond acceptors (Lipinski definition) is 3. The van der Waals surface area contributed by atoms with Crippen molar-refractivity contribution in [2.75, 3.05) is 0 Å². The van der Waals surface area contributed by atoms with E-state index in [9.17, 15) is 4.79 Å². The molecular weight excluding hydrogens is 320 g/mol. The molecule has 0 spiro atoms. The number of hydrogen-bond donors (Lipinski definition) is 2. The van der Waals surface area contributed by atoms with Gasteiger partial charge in [-0.3, -0.25) is 4.68 Å². The van der Waals surface area contributed by atoms with Crippen LogP contribution in [0.5, 0.6) is 0 Å². The highest BCUT2D eigenvalue weighted by Crippen LogP contribution is 2.37. The number of aromatic nitrogens is 2. The second-order valence-corrected chi connectivity index (χ2v) is 7.13. The first-order chi connectivity index (χ1) is 10.7. The largest absolute Gasteiger partial charge is 0.332 e. The molecule has 0 aromatic carbocycles. The Kier molecular flexibility index (Phi) is 4.69. The summed E-state index contributed by atoms with van der Waals surface area (Å²) in [7, 11) is 0. The molecule has 118 valence electrons. The van der Waals surface area contributed by atoms with Crippen LogP contribution in [0.25, 0.3) is 0 Å². The number of halogens is 1. The molecule has 3 rings (SSSR count). The van der Waals surface area contributed by atoms with Crippen LogP contribution in [0.4, 0.5) is 4.79 Å². The van der Waals surface area contributed by atoms with E-state index < -0.39 is 0 Å². The van der Waals surface area contributed by atoms with Gasteiger partial charge in [0.25, 0.3) is 0 Å². The van der Waals surface area contributed by atoms with Gasteiger partial charge in [0, 0.05) is 17.6 Å². The molecule has 0 bridgehead atoms. The molecule has 0 aliphatic heterocycles. The summed E-state index contributed by atoms with van der Waals surface area (Å²) in [6, 6.07) is 3.79. The molecule has 5 nitrogen and oxygen atoms in total. The van der Waals surface area contributed by atoms with Gasteiger partial charge in [-0.1, -0.05) is 11.6 Å². The van der Waals surface area contributed by atoms with E-state index in [2.05, 4.69) is 15.7 Å². The molecule has 7 heteroatoms. The smallest absolute Gasteiger partial charge is 0.315 e. The normalized spacial score (nSPS) is 17.1. The highest BCUT2D eigenvalue weighted by atomic mass is 35.5. The number of urea groups is 1. The van der Waals surface area contributed by atoms with E-state index in [1.165, 1.54) is 10.4 Å². The minimum atomic E-state index is -0.161. The SMILES string of the molecule is CCn1ccc(CNC(=O)NC2CCCc3sc(Cl)cc32)n1. The number of amides is 2. The van der Waals surface area contributed by atoms with Crippen LogP contribution < -0.4 is 10.6 Å². The maximum Gasteiger partial charge on any atom is 0.315 e. The number of aryl methyl sites for hydroxylation is 2. The zero-order valence-corrected chi connectivity index (χ0v) is 14.0. The van der Waals surface area contributed by atoms with Crippen LogP contribution in [0.2, 0.25) is 4.34 Å². The Balaban J connectivity index is 1.56. The van der Waals surface area contributed by atoms with E-state index in [0.717, 1.165) is 35.8 Å². The third kappa shape index (κ3) is 3.44. The predicted molar refractivity (Wildman–Crippen MR) is 88.3 cm³/mol. The minimum absolute atomic E-state index is 0.0562. The Morgan fingerprint density at radius 3 is 3.23 bits per heavy atom. The minimum Gasteiger partial charge on any atom is -0.332 e. The summed E-state index contributed by atoms with van der Waals surface area (Å²) < 4.78 is 2.64. The van der Waals surface area contributed by atoms with Crippen LogP contribution in [-0.4, -0.2) is 15.8 Å². The summed E-state index contributed by atoms with van der Waals surface area (Å²) in [4.78, 5) is 13.4. The third-order valence-corrected chi connectivity index (χ3v) is 5.18. The second-order valence-electron chi connectivity index (χ2n) is 5.36. The van der Waals surface area contributed by atoms with Crippen LogP contribution in [0.15, 0.2) is 18.3 Å². The molecule has 0 fully saturated rings. The molecule has 22 heavy (non-hydrogen) atoms. The van der Waals surface area contributed by atoms with E-state index in [0.29, 0.717) is 6.54 Å². The van der Waals surface area contributed by atoms with E-state index >= 15 is 0 Å². The fraction of sp³-hybridized carbons (Fsp3) is 0.467. The number of nitrogens with zero attached hydrogens (tertiary/aromatic N) is 2. The van der Waals surface area contributed by atoms with Gasteiger partial charge in [-0.05, 0) is 43.9 Å². The quantitative estimate of drug-likeness (QED) is 0.896. The number of rotatable bonds is 4. The number of nitrogens with one attached hydrogen (secondary N) is 2.